The fourth-order valence-electron chi connectivity index (χ4n) is 0.741. The highest BCUT2D eigenvalue weighted by Gasteiger charge is 1.98. The number of nitrogens with one attached hydrogen (secondary N) is 3. The van der Waals surface area contributed by atoms with E-state index in [2.05, 4.69) is 16.0 Å². The van der Waals surface area contributed by atoms with Crippen LogP contribution in [0.25, 0.3) is 0 Å². The summed E-state index contributed by atoms with van der Waals surface area (Å²) in [7, 11) is 1.67. The fraction of sp³-hybridized carbons (Fsp3) is 0.727. The first-order valence-corrected chi connectivity index (χ1v) is 9.65. The zero-order valence-corrected chi connectivity index (χ0v) is 19.8. The van der Waals surface area contributed by atoms with E-state index in [9.17, 15) is 28.8 Å². The number of amides is 2. The van der Waals surface area contributed by atoms with E-state index in [-0.39, 0.29) is 92.0 Å². The van der Waals surface area contributed by atoms with Gasteiger partial charge in [0.2, 0.25) is 11.8 Å². The largest absolute Gasteiger partial charge is 0.481 e. The molecule has 0 aliphatic heterocycles. The van der Waals surface area contributed by atoms with Crippen LogP contribution >= 0.6 is 0 Å². The molecule has 34 heavy (non-hydrogen) atoms. The second-order valence-electron chi connectivity index (χ2n) is 5.35. The minimum absolute atomic E-state index is 0. The van der Waals surface area contributed by atoms with Crippen molar-refractivity contribution in [2.45, 2.75) is 70.2 Å². The monoisotopic (exact) mass is 501 g/mol. The summed E-state index contributed by atoms with van der Waals surface area (Å²) in [6.07, 6.45) is 0.222. The summed E-state index contributed by atoms with van der Waals surface area (Å²) in [6.45, 7) is 10.5. The molecule has 0 fully saturated rings. The first kappa shape index (κ1) is 52.9. The molecule has 0 spiro atoms. The van der Waals surface area contributed by atoms with Gasteiger partial charge in [0.15, 0.2) is 0 Å². The van der Waals surface area contributed by atoms with Crippen LogP contribution in [-0.4, -0.2) is 80.0 Å². The summed E-state index contributed by atoms with van der Waals surface area (Å²) in [4.78, 5) is 60.5. The lowest BCUT2D eigenvalue weighted by Gasteiger charge is -1.99. The molecule has 210 valence electrons. The normalized spacial score (nSPS) is 7.32. The Bertz CT molecular complexity index is 506. The molecular weight excluding hydrogens is 446 g/mol. The zero-order chi connectivity index (χ0) is 25.8. The maximum Gasteiger partial charge on any atom is 0.303 e. The van der Waals surface area contributed by atoms with Crippen LogP contribution < -0.4 is 27.4 Å². The van der Waals surface area contributed by atoms with Gasteiger partial charge in [0, 0.05) is 7.85 Å². The summed E-state index contributed by atoms with van der Waals surface area (Å²) in [6, 6.07) is 0. The highest BCUT2D eigenvalue weighted by atomic mass is 16.4. The molecule has 0 unspecified atom stereocenters. The van der Waals surface area contributed by atoms with Crippen molar-refractivity contribution in [3.63, 3.8) is 0 Å². The zero-order valence-electron chi connectivity index (χ0n) is 19.8. The summed E-state index contributed by atoms with van der Waals surface area (Å²) >= 11 is 0. The maximum atomic E-state index is 10.6. The number of aliphatic carboxylic acids is 1. The van der Waals surface area contributed by atoms with E-state index in [1.165, 1.54) is 20.8 Å². The molecular formula is C22H55N5O7. The van der Waals surface area contributed by atoms with Gasteiger partial charge in [0.25, 0.3) is 0 Å². The Morgan fingerprint density at radius 3 is 1.18 bits per heavy atom. The maximum absolute atomic E-state index is 10.6. The van der Waals surface area contributed by atoms with Gasteiger partial charge in [-0.2, -0.15) is 0 Å². The molecule has 0 aliphatic rings. The minimum atomic E-state index is -0.745. The van der Waals surface area contributed by atoms with Crippen molar-refractivity contribution in [3.05, 3.63) is 0 Å². The lowest BCUT2D eigenvalue weighted by molar-refractivity contribution is -0.136. The molecule has 2 amide bonds. The van der Waals surface area contributed by atoms with Crippen molar-refractivity contribution >= 4 is 35.1 Å². The Morgan fingerprint density at radius 2 is 1.00 bits per heavy atom. The number of ketones is 3. The third-order valence-corrected chi connectivity index (χ3v) is 2.18. The van der Waals surface area contributed by atoms with Crippen molar-refractivity contribution in [3.8, 4) is 0 Å². The molecule has 0 aromatic heterocycles. The van der Waals surface area contributed by atoms with Gasteiger partial charge in [0.1, 0.15) is 17.3 Å². The average molecular weight is 502 g/mol. The molecule has 0 rings (SSSR count). The van der Waals surface area contributed by atoms with Gasteiger partial charge >= 0.3 is 5.97 Å². The van der Waals surface area contributed by atoms with Gasteiger partial charge in [0.05, 0.1) is 32.7 Å². The van der Waals surface area contributed by atoms with Crippen LogP contribution in [0, 0.1) is 0 Å². The van der Waals surface area contributed by atoms with E-state index in [0.29, 0.717) is 0 Å². The van der Waals surface area contributed by atoms with E-state index < -0.39 is 5.97 Å². The van der Waals surface area contributed by atoms with E-state index >= 15 is 0 Å². The smallest absolute Gasteiger partial charge is 0.303 e. The van der Waals surface area contributed by atoms with Crippen LogP contribution in [0.4, 0.5) is 0 Å². The number of nitrogens with two attached hydrogens (primary N) is 2. The molecule has 0 aliphatic carbocycles. The van der Waals surface area contributed by atoms with Crippen LogP contribution in [0.2, 0.25) is 0 Å². The molecule has 0 saturated heterocycles. The van der Waals surface area contributed by atoms with Gasteiger partial charge in [-0.05, 0) is 27.8 Å². The van der Waals surface area contributed by atoms with E-state index in [0.717, 1.165) is 0 Å². The Hall–Kier alpha value is -2.70. The lowest BCUT2D eigenvalue weighted by Crippen LogP contribution is -2.34. The summed E-state index contributed by atoms with van der Waals surface area (Å²) in [5.41, 5.74) is 9.76. The highest BCUT2D eigenvalue weighted by molar-refractivity contribution is 5.85. The van der Waals surface area contributed by atoms with Gasteiger partial charge in [-0.1, -0.05) is 43.1 Å². The number of carboxylic acid groups (broad SMARTS) is 1. The van der Waals surface area contributed by atoms with Crippen LogP contribution in [0.5, 0.6) is 0 Å². The lowest BCUT2D eigenvalue weighted by atomic mass is 10.4. The van der Waals surface area contributed by atoms with Crippen molar-refractivity contribution in [1.29, 1.82) is 0 Å². The van der Waals surface area contributed by atoms with Gasteiger partial charge in [-0.3, -0.25) is 28.8 Å². The van der Waals surface area contributed by atoms with Gasteiger partial charge in [-0.25, -0.2) is 0 Å². The number of rotatable bonds is 9. The molecule has 0 saturated carbocycles. The molecule has 0 heterocycles. The molecule has 12 heteroatoms. The molecule has 12 nitrogen and oxygen atoms in total. The highest BCUT2D eigenvalue weighted by Crippen LogP contribution is 1.67. The Morgan fingerprint density at radius 1 is 0.706 bits per heavy atom. The molecule has 0 bridgehead atoms. The number of likely N-dealkylation sites (N-methyl/N-ethyl adjacent to an activating group) is 1. The number of carbonyl (C=O) groups excluding carboxylic acids is 5. The first-order valence-electron chi connectivity index (χ1n) is 9.65. The van der Waals surface area contributed by atoms with Gasteiger partial charge < -0.3 is 32.5 Å². The Labute approximate surface area is 208 Å². The molecule has 0 aromatic rings. The van der Waals surface area contributed by atoms with E-state index in [1.54, 1.807) is 14.0 Å². The third-order valence-electron chi connectivity index (χ3n) is 2.18. The van der Waals surface area contributed by atoms with Crippen molar-refractivity contribution in [2.24, 2.45) is 11.5 Å². The minimum Gasteiger partial charge on any atom is -0.481 e. The van der Waals surface area contributed by atoms with E-state index in [1.807, 2.05) is 13.8 Å². The van der Waals surface area contributed by atoms with E-state index in [4.69, 9.17) is 16.6 Å². The average Bonchev–Trinajstić information content (AvgIpc) is 2.73. The second kappa shape index (κ2) is 44.1. The first-order chi connectivity index (χ1) is 14.4. The third kappa shape index (κ3) is 88.3. The number of hydrogen-bond donors (Lipinski definition) is 6. The van der Waals surface area contributed by atoms with Crippen LogP contribution in [-0.2, 0) is 28.8 Å². The standard InChI is InChI=1S/C6H12N2O2.C5H10N2O2.C3H7NO.C3H6O2.C2H6.3CH4.H2/c1-5(9)3-8-6(10)4-7-2;1-4(8)3-7-5(9)2-6;1-3(5)2-4;1-2-3(4)5;1-2;;;;/h7H,3-4H2,1-2H3,(H,8,10);2-3,6H2,1H3,(H,7,9);2,4H2,1H3;2H2,1H3,(H,4,5);1-2H3;3*1H4;1H. The predicted molar refractivity (Wildman–Crippen MR) is 142 cm³/mol. The van der Waals surface area contributed by atoms with Crippen LogP contribution in [0.15, 0.2) is 0 Å². The Balaban J connectivity index is -0.0000000358. The number of Topliss-reactive ketones (excluding diaryl/α,β-unsaturated/α-hetero) is 3. The SMILES string of the molecule is C.C.C.CC.CC(=O)CN.CC(=O)CNC(=O)CN.CCC(=O)O.CNCC(=O)NCC(C)=O.[HH]. The van der Waals surface area contributed by atoms with Crippen LogP contribution in [0.1, 0.15) is 71.7 Å². The molecule has 0 aromatic carbocycles. The second-order valence-corrected chi connectivity index (χ2v) is 5.35. The summed E-state index contributed by atoms with van der Waals surface area (Å²) < 4.78 is 0. The fourth-order valence-corrected chi connectivity index (χ4v) is 0.741. The van der Waals surface area contributed by atoms with Crippen molar-refractivity contribution in [2.75, 3.05) is 39.8 Å². The van der Waals surface area contributed by atoms with Crippen LogP contribution in [0.3, 0.4) is 0 Å². The quantitative estimate of drug-likeness (QED) is 0.261. The molecule has 0 atom stereocenters. The molecule has 8 N–H and O–H groups in total. The van der Waals surface area contributed by atoms with Crippen molar-refractivity contribution in [1.82, 2.24) is 16.0 Å². The summed E-state index contributed by atoms with van der Waals surface area (Å²) in [5.74, 6) is -1.28. The Kier molecular flexibility index (Phi) is 68.6. The number of carboxylic acids is 1. The molecule has 0 radical (unpaired) electrons. The number of carbonyl (C=O) groups is 6. The van der Waals surface area contributed by atoms with Crippen molar-refractivity contribution < 1.29 is 35.3 Å². The number of hydrogen-bond acceptors (Lipinski definition) is 9. The topological polar surface area (TPSA) is 211 Å². The van der Waals surface area contributed by atoms with Gasteiger partial charge in [-0.15, -0.1) is 0 Å². The predicted octanol–water partition coefficient (Wildman–Crippen LogP) is 0.757. The summed E-state index contributed by atoms with van der Waals surface area (Å²) in [5, 5.41) is 15.1.